The van der Waals surface area contributed by atoms with Gasteiger partial charge < -0.3 is 16.2 Å². The van der Waals surface area contributed by atoms with Crippen LogP contribution < -0.4 is 11.5 Å². The average molecular weight is 239 g/mol. The molecule has 1 atom stereocenters. The van der Waals surface area contributed by atoms with Crippen LogP contribution in [0, 0.1) is 0 Å². The number of rotatable bonds is 3. The van der Waals surface area contributed by atoms with Crippen molar-refractivity contribution >= 4 is 22.3 Å². The highest BCUT2D eigenvalue weighted by Gasteiger charge is 2.55. The van der Waals surface area contributed by atoms with Gasteiger partial charge in [-0.2, -0.15) is 8.42 Å². The first kappa shape index (κ1) is 11.7. The highest BCUT2D eigenvalue weighted by Crippen LogP contribution is 2.23. The molecular formula is C5H9N3O6S. The van der Waals surface area contributed by atoms with Crippen molar-refractivity contribution in [1.29, 1.82) is 0 Å². The van der Waals surface area contributed by atoms with Gasteiger partial charge in [-0.3, -0.25) is 9.35 Å². The van der Waals surface area contributed by atoms with Gasteiger partial charge in [-0.15, -0.1) is 0 Å². The average Bonchev–Trinajstić information content (AvgIpc) is 2.08. The lowest BCUT2D eigenvalue weighted by Crippen LogP contribution is -2.74. The maximum atomic E-state index is 11.2. The van der Waals surface area contributed by atoms with E-state index < -0.39 is 41.0 Å². The molecule has 5 N–H and O–H groups in total. The van der Waals surface area contributed by atoms with Crippen molar-refractivity contribution in [2.75, 3.05) is 13.2 Å². The minimum absolute atomic E-state index is 0.164. The van der Waals surface area contributed by atoms with E-state index in [0.29, 0.717) is 0 Å². The molecule has 0 spiro atoms. The van der Waals surface area contributed by atoms with Crippen LogP contribution in [0.5, 0.6) is 0 Å². The molecule has 0 aliphatic carbocycles. The standard InChI is InChI=1S/C5H9N3O6S/c6-4(10)14-2-5(7)1-8(3(5)9)15(11,12)13/h1-2,7H2,(H2,6,10)(H,11,12,13)/t5-/m0/s1. The number of hydrogen-bond donors (Lipinski definition) is 3. The summed E-state index contributed by atoms with van der Waals surface area (Å²) in [5.41, 5.74) is 8.38. The van der Waals surface area contributed by atoms with Crippen LogP contribution in [0.15, 0.2) is 0 Å². The van der Waals surface area contributed by atoms with Gasteiger partial charge in [0.15, 0.2) is 5.54 Å². The summed E-state index contributed by atoms with van der Waals surface area (Å²) >= 11 is 0. The van der Waals surface area contributed by atoms with Crippen molar-refractivity contribution in [2.24, 2.45) is 11.5 Å². The first-order valence-electron chi connectivity index (χ1n) is 3.67. The lowest BCUT2D eigenvalue weighted by atomic mass is 9.94. The van der Waals surface area contributed by atoms with Gasteiger partial charge in [0.25, 0.3) is 5.91 Å². The van der Waals surface area contributed by atoms with E-state index in [1.165, 1.54) is 0 Å². The Bertz CT molecular complexity index is 405. The van der Waals surface area contributed by atoms with Crippen LogP contribution in [0.4, 0.5) is 4.79 Å². The lowest BCUT2D eigenvalue weighted by Gasteiger charge is -2.42. The molecular weight excluding hydrogens is 230 g/mol. The Balaban J connectivity index is 2.64. The van der Waals surface area contributed by atoms with Crippen molar-refractivity contribution in [3.8, 4) is 0 Å². The number of carbonyl (C=O) groups is 2. The molecule has 9 nitrogen and oxygen atoms in total. The van der Waals surface area contributed by atoms with Gasteiger partial charge in [-0.1, -0.05) is 0 Å². The summed E-state index contributed by atoms with van der Waals surface area (Å²) < 4.78 is 34.0. The predicted molar refractivity (Wildman–Crippen MR) is 45.7 cm³/mol. The number of primary amides is 1. The fraction of sp³-hybridized carbons (Fsp3) is 0.600. The van der Waals surface area contributed by atoms with Crippen LogP contribution in [0.2, 0.25) is 0 Å². The Hall–Kier alpha value is -1.39. The predicted octanol–water partition coefficient (Wildman–Crippen LogP) is -2.58. The van der Waals surface area contributed by atoms with Crippen molar-refractivity contribution < 1.29 is 27.3 Å². The highest BCUT2D eigenvalue weighted by molar-refractivity contribution is 7.84. The van der Waals surface area contributed by atoms with Crippen LogP contribution in [0.3, 0.4) is 0 Å². The quantitative estimate of drug-likeness (QED) is 0.361. The van der Waals surface area contributed by atoms with Crippen molar-refractivity contribution in [3.63, 3.8) is 0 Å². The van der Waals surface area contributed by atoms with Crippen LogP contribution in [-0.4, -0.2) is 48.0 Å². The summed E-state index contributed by atoms with van der Waals surface area (Å²) in [7, 11) is -4.59. The van der Waals surface area contributed by atoms with E-state index in [2.05, 4.69) is 10.5 Å². The van der Waals surface area contributed by atoms with Crippen molar-refractivity contribution in [1.82, 2.24) is 4.31 Å². The van der Waals surface area contributed by atoms with Crippen molar-refractivity contribution in [2.45, 2.75) is 5.54 Å². The first-order chi connectivity index (χ1) is 6.67. The topological polar surface area (TPSA) is 153 Å². The van der Waals surface area contributed by atoms with Crippen LogP contribution in [0.25, 0.3) is 0 Å². The van der Waals surface area contributed by atoms with E-state index >= 15 is 0 Å². The maximum Gasteiger partial charge on any atom is 0.404 e. The van der Waals surface area contributed by atoms with E-state index in [0.717, 1.165) is 0 Å². The molecule has 0 aromatic rings. The number of amides is 2. The Morgan fingerprint density at radius 3 is 2.53 bits per heavy atom. The molecule has 1 aliphatic rings. The Kier molecular flexibility index (Phi) is 2.59. The second kappa shape index (κ2) is 3.32. The molecule has 10 heteroatoms. The van der Waals surface area contributed by atoms with Gasteiger partial charge in [-0.05, 0) is 0 Å². The van der Waals surface area contributed by atoms with E-state index in [-0.39, 0.29) is 4.31 Å². The van der Waals surface area contributed by atoms with Gasteiger partial charge in [0.1, 0.15) is 6.61 Å². The molecule has 0 saturated carbocycles. The summed E-state index contributed by atoms with van der Waals surface area (Å²) in [5.74, 6) is -1.05. The molecule has 15 heavy (non-hydrogen) atoms. The summed E-state index contributed by atoms with van der Waals surface area (Å²) in [4.78, 5) is 21.4. The third-order valence-electron chi connectivity index (χ3n) is 1.83. The summed E-state index contributed by atoms with van der Waals surface area (Å²) in [6, 6.07) is 0. The van der Waals surface area contributed by atoms with Crippen LogP contribution in [-0.2, 0) is 19.8 Å². The lowest BCUT2D eigenvalue weighted by molar-refractivity contribution is -0.145. The van der Waals surface area contributed by atoms with Crippen molar-refractivity contribution in [3.05, 3.63) is 0 Å². The molecule has 0 bridgehead atoms. The molecule has 1 aliphatic heterocycles. The van der Waals surface area contributed by atoms with Gasteiger partial charge in [0, 0.05) is 0 Å². The monoisotopic (exact) mass is 239 g/mol. The Labute approximate surface area is 84.8 Å². The second-order valence-electron chi connectivity index (χ2n) is 3.05. The number of nitrogens with zero attached hydrogens (tertiary/aromatic N) is 1. The molecule has 1 saturated heterocycles. The maximum absolute atomic E-state index is 11.2. The van der Waals surface area contributed by atoms with E-state index in [1.807, 2.05) is 0 Å². The third-order valence-corrected chi connectivity index (χ3v) is 2.68. The minimum atomic E-state index is -4.59. The van der Waals surface area contributed by atoms with E-state index in [9.17, 15) is 18.0 Å². The molecule has 0 radical (unpaired) electrons. The summed E-state index contributed by atoms with van der Waals surface area (Å²) in [6.45, 7) is -0.995. The minimum Gasteiger partial charge on any atom is -0.447 e. The fourth-order valence-electron chi connectivity index (χ4n) is 1.05. The normalized spacial score (nSPS) is 26.0. The number of hydrogen-bond acceptors (Lipinski definition) is 6. The zero-order valence-corrected chi connectivity index (χ0v) is 8.23. The fourth-order valence-corrected chi connectivity index (χ4v) is 1.83. The number of nitrogens with two attached hydrogens (primary N) is 2. The SMILES string of the molecule is NC(=O)OC[C@@]1(N)CN(S(=O)(=O)O)C1=O. The number of carbonyl (C=O) groups excluding carboxylic acids is 2. The van der Waals surface area contributed by atoms with Gasteiger partial charge >= 0.3 is 16.4 Å². The van der Waals surface area contributed by atoms with E-state index in [4.69, 9.17) is 10.3 Å². The zero-order chi connectivity index (χ0) is 11.9. The van der Waals surface area contributed by atoms with Gasteiger partial charge in [0.2, 0.25) is 0 Å². The molecule has 1 rings (SSSR count). The number of ether oxygens (including phenoxy) is 1. The molecule has 2 amide bonds. The number of β-lactam (4-membered cyclic amide) rings is 1. The highest BCUT2D eigenvalue weighted by atomic mass is 32.2. The molecule has 1 heterocycles. The molecule has 0 aromatic heterocycles. The van der Waals surface area contributed by atoms with Gasteiger partial charge in [0.05, 0.1) is 6.54 Å². The third kappa shape index (κ3) is 2.16. The summed E-state index contributed by atoms with van der Waals surface area (Å²) in [5, 5.41) is 0. The Morgan fingerprint density at radius 1 is 1.67 bits per heavy atom. The molecule has 1 fully saturated rings. The first-order valence-corrected chi connectivity index (χ1v) is 5.07. The second-order valence-corrected chi connectivity index (χ2v) is 4.39. The van der Waals surface area contributed by atoms with E-state index in [1.54, 1.807) is 0 Å². The zero-order valence-electron chi connectivity index (χ0n) is 7.41. The molecule has 86 valence electrons. The van der Waals surface area contributed by atoms with Crippen LogP contribution >= 0.6 is 0 Å². The summed E-state index contributed by atoms with van der Waals surface area (Å²) in [6.07, 6.45) is -1.13. The smallest absolute Gasteiger partial charge is 0.404 e. The molecule has 0 unspecified atom stereocenters. The van der Waals surface area contributed by atoms with Gasteiger partial charge in [-0.25, -0.2) is 9.10 Å². The molecule has 0 aromatic carbocycles. The largest absolute Gasteiger partial charge is 0.447 e. The van der Waals surface area contributed by atoms with Crippen LogP contribution in [0.1, 0.15) is 0 Å². The Morgan fingerprint density at radius 2 is 2.20 bits per heavy atom.